The van der Waals surface area contributed by atoms with Crippen molar-refractivity contribution < 1.29 is 0 Å². The molecule has 1 heteroatoms. The van der Waals surface area contributed by atoms with Crippen LogP contribution in [-0.4, -0.2) is 4.98 Å². The Hall–Kier alpha value is -1.11. The molecule has 0 unspecified atom stereocenters. The second-order valence-corrected chi connectivity index (χ2v) is 7.53. The van der Waals surface area contributed by atoms with Gasteiger partial charge in [0.05, 0.1) is 0 Å². The summed E-state index contributed by atoms with van der Waals surface area (Å²) < 4.78 is 0. The molecule has 1 aliphatic carbocycles. The average Bonchev–Trinajstić information content (AvgIpc) is 2.45. The van der Waals surface area contributed by atoms with Gasteiger partial charge in [-0.15, -0.1) is 0 Å². The highest BCUT2D eigenvalue weighted by Crippen LogP contribution is 2.40. The third kappa shape index (κ3) is 4.18. The number of hydrogen-bond donors (Lipinski definition) is 0. The molecular formula is C20H31N. The van der Waals surface area contributed by atoms with Gasteiger partial charge in [-0.3, -0.25) is 4.98 Å². The van der Waals surface area contributed by atoms with Crippen molar-refractivity contribution in [3.63, 3.8) is 0 Å². The van der Waals surface area contributed by atoms with Gasteiger partial charge < -0.3 is 0 Å². The maximum Gasteiger partial charge on any atom is 0.0305 e. The van der Waals surface area contributed by atoms with Crippen molar-refractivity contribution >= 4 is 0 Å². The molecule has 0 radical (unpaired) electrons. The van der Waals surface area contributed by atoms with Gasteiger partial charge in [0.1, 0.15) is 0 Å². The molecule has 1 aliphatic rings. The fourth-order valence-corrected chi connectivity index (χ4v) is 3.74. The van der Waals surface area contributed by atoms with Gasteiger partial charge in [0.15, 0.2) is 0 Å². The summed E-state index contributed by atoms with van der Waals surface area (Å²) in [6, 6.07) is 4.29. The van der Waals surface area contributed by atoms with Crippen molar-refractivity contribution in [3.8, 4) is 0 Å². The molecule has 1 heterocycles. The van der Waals surface area contributed by atoms with E-state index in [1.165, 1.54) is 24.8 Å². The van der Waals surface area contributed by atoms with Crippen molar-refractivity contribution in [1.29, 1.82) is 0 Å². The maximum atomic E-state index is 4.32. The maximum absolute atomic E-state index is 4.32. The molecule has 3 atom stereocenters. The lowest BCUT2D eigenvalue weighted by molar-refractivity contribution is 0.305. The van der Waals surface area contributed by atoms with Crippen LogP contribution in [0, 0.1) is 23.7 Å². The van der Waals surface area contributed by atoms with E-state index < -0.39 is 0 Å². The Bertz CT molecular complexity index is 458. The van der Waals surface area contributed by atoms with Crippen LogP contribution in [0.3, 0.4) is 0 Å². The van der Waals surface area contributed by atoms with Gasteiger partial charge >= 0.3 is 0 Å². The van der Waals surface area contributed by atoms with E-state index in [2.05, 4.69) is 57.8 Å². The van der Waals surface area contributed by atoms with E-state index >= 15 is 0 Å². The number of rotatable bonds is 4. The third-order valence-corrected chi connectivity index (χ3v) is 5.02. The Morgan fingerprint density at radius 1 is 1.19 bits per heavy atom. The van der Waals surface area contributed by atoms with Gasteiger partial charge in [-0.1, -0.05) is 52.3 Å². The van der Waals surface area contributed by atoms with Gasteiger partial charge in [0, 0.05) is 18.3 Å². The third-order valence-electron chi connectivity index (χ3n) is 5.02. The van der Waals surface area contributed by atoms with Crippen LogP contribution in [0.5, 0.6) is 0 Å². The summed E-state index contributed by atoms with van der Waals surface area (Å²) in [5.41, 5.74) is 3.06. The molecule has 2 rings (SSSR count). The van der Waals surface area contributed by atoms with Crippen LogP contribution in [-0.2, 0) is 0 Å². The quantitative estimate of drug-likeness (QED) is 0.633. The summed E-state index contributed by atoms with van der Waals surface area (Å²) in [4.78, 5) is 4.32. The van der Waals surface area contributed by atoms with Crippen LogP contribution >= 0.6 is 0 Å². The molecule has 1 aromatic rings. The van der Waals surface area contributed by atoms with Crippen molar-refractivity contribution in [2.24, 2.45) is 23.7 Å². The Labute approximate surface area is 130 Å². The summed E-state index contributed by atoms with van der Waals surface area (Å²) in [5.74, 6) is 3.49. The molecule has 0 aliphatic heterocycles. The van der Waals surface area contributed by atoms with E-state index in [0.29, 0.717) is 11.8 Å². The zero-order valence-electron chi connectivity index (χ0n) is 14.3. The first-order chi connectivity index (χ1) is 9.99. The first-order valence-corrected chi connectivity index (χ1v) is 8.59. The summed E-state index contributed by atoms with van der Waals surface area (Å²) in [7, 11) is 0. The fraction of sp³-hybridized carbons (Fsp3) is 0.650. The Morgan fingerprint density at radius 3 is 2.52 bits per heavy atom. The molecule has 0 saturated heterocycles. The van der Waals surface area contributed by atoms with E-state index in [1.54, 1.807) is 5.57 Å². The van der Waals surface area contributed by atoms with E-state index in [-0.39, 0.29) is 0 Å². The van der Waals surface area contributed by atoms with E-state index in [0.717, 1.165) is 17.8 Å². The lowest BCUT2D eigenvalue weighted by Gasteiger charge is -2.34. The highest BCUT2D eigenvalue weighted by Gasteiger charge is 2.27. The number of pyridine rings is 1. The zero-order chi connectivity index (χ0) is 15.4. The SMILES string of the molecule is CC(C)[C@@H]1CC[C@@H](C)C/C1=C\[C@H](c1cccnc1)C(C)C. The molecule has 0 aromatic carbocycles. The predicted molar refractivity (Wildman–Crippen MR) is 91.2 cm³/mol. The monoisotopic (exact) mass is 285 g/mol. The van der Waals surface area contributed by atoms with Crippen LogP contribution in [0.25, 0.3) is 0 Å². The topological polar surface area (TPSA) is 12.9 Å². The van der Waals surface area contributed by atoms with Crippen LogP contribution < -0.4 is 0 Å². The van der Waals surface area contributed by atoms with Gasteiger partial charge in [0.2, 0.25) is 0 Å². The molecule has 1 saturated carbocycles. The minimum absolute atomic E-state index is 0.500. The van der Waals surface area contributed by atoms with Gasteiger partial charge in [0.25, 0.3) is 0 Å². The zero-order valence-corrected chi connectivity index (χ0v) is 14.3. The van der Waals surface area contributed by atoms with Gasteiger partial charge in [-0.05, 0) is 54.6 Å². The molecule has 1 nitrogen and oxygen atoms in total. The van der Waals surface area contributed by atoms with Crippen molar-refractivity contribution in [2.45, 2.75) is 59.8 Å². The van der Waals surface area contributed by atoms with Crippen molar-refractivity contribution in [1.82, 2.24) is 4.98 Å². The Morgan fingerprint density at radius 2 is 1.95 bits per heavy atom. The molecule has 1 aromatic heterocycles. The predicted octanol–water partition coefficient (Wildman–Crippen LogP) is 5.84. The molecular weight excluding hydrogens is 254 g/mol. The summed E-state index contributed by atoms with van der Waals surface area (Å²) in [6.45, 7) is 11.8. The summed E-state index contributed by atoms with van der Waals surface area (Å²) in [6.07, 6.45) is 10.5. The second kappa shape index (κ2) is 7.24. The first kappa shape index (κ1) is 16.3. The van der Waals surface area contributed by atoms with Crippen molar-refractivity contribution in [2.75, 3.05) is 0 Å². The Kier molecular flexibility index (Phi) is 5.61. The van der Waals surface area contributed by atoms with Crippen LogP contribution in [0.15, 0.2) is 36.2 Å². The van der Waals surface area contributed by atoms with Crippen molar-refractivity contribution in [3.05, 3.63) is 41.7 Å². The molecule has 0 amide bonds. The molecule has 0 N–H and O–H groups in total. The van der Waals surface area contributed by atoms with E-state index in [9.17, 15) is 0 Å². The standard InChI is InChI=1S/C20H31N/c1-14(2)19-9-8-16(5)11-18(19)12-20(15(3)4)17-7-6-10-21-13-17/h6-7,10,12-16,19-20H,8-9,11H2,1-5H3/b18-12+/t16-,19+,20+/m1/s1. The second-order valence-electron chi connectivity index (χ2n) is 7.53. The molecule has 0 bridgehead atoms. The lowest BCUT2D eigenvalue weighted by Crippen LogP contribution is -2.21. The highest BCUT2D eigenvalue weighted by atomic mass is 14.6. The minimum atomic E-state index is 0.500. The van der Waals surface area contributed by atoms with E-state index in [4.69, 9.17) is 0 Å². The van der Waals surface area contributed by atoms with Gasteiger partial charge in [-0.25, -0.2) is 0 Å². The lowest BCUT2D eigenvalue weighted by atomic mass is 9.72. The highest BCUT2D eigenvalue weighted by molar-refractivity contribution is 5.25. The minimum Gasteiger partial charge on any atom is -0.264 e. The van der Waals surface area contributed by atoms with Gasteiger partial charge in [-0.2, -0.15) is 0 Å². The largest absolute Gasteiger partial charge is 0.264 e. The number of nitrogens with zero attached hydrogens (tertiary/aromatic N) is 1. The van der Waals surface area contributed by atoms with Crippen LogP contribution in [0.2, 0.25) is 0 Å². The number of aromatic nitrogens is 1. The number of allylic oxidation sites excluding steroid dienone is 2. The fourth-order valence-electron chi connectivity index (χ4n) is 3.74. The summed E-state index contributed by atoms with van der Waals surface area (Å²) in [5, 5.41) is 0. The number of hydrogen-bond acceptors (Lipinski definition) is 1. The van der Waals surface area contributed by atoms with Crippen LogP contribution in [0.4, 0.5) is 0 Å². The Balaban J connectivity index is 2.31. The smallest absolute Gasteiger partial charge is 0.0305 e. The molecule has 1 fully saturated rings. The first-order valence-electron chi connectivity index (χ1n) is 8.59. The normalized spacial score (nSPS) is 26.5. The molecule has 21 heavy (non-hydrogen) atoms. The van der Waals surface area contributed by atoms with Crippen LogP contribution in [0.1, 0.15) is 65.4 Å². The average molecular weight is 285 g/mol. The molecule has 0 spiro atoms. The van der Waals surface area contributed by atoms with E-state index in [1.807, 2.05) is 12.4 Å². The summed E-state index contributed by atoms with van der Waals surface area (Å²) >= 11 is 0. The molecule has 116 valence electrons.